The maximum atomic E-state index is 12.2. The largest absolute Gasteiger partial charge is 0.354 e. The fraction of sp³-hybridized carbons (Fsp3) is 0.625. The van der Waals surface area contributed by atoms with Crippen LogP contribution in [0.25, 0.3) is 0 Å². The van der Waals surface area contributed by atoms with Crippen molar-refractivity contribution in [2.24, 2.45) is 5.92 Å². The molecule has 4 nitrogen and oxygen atoms in total. The van der Waals surface area contributed by atoms with Gasteiger partial charge in [0, 0.05) is 25.0 Å². The number of carbonyl (C=O) groups excluding carboxylic acids is 1. The SMILES string of the molecule is O=C(NCCc1ccncc1)C1CC2CCCCC2N1. The Labute approximate surface area is 120 Å². The maximum Gasteiger partial charge on any atom is 0.237 e. The van der Waals surface area contributed by atoms with Gasteiger partial charge in [0.2, 0.25) is 5.91 Å². The first-order valence-electron chi connectivity index (χ1n) is 7.75. The Hall–Kier alpha value is -1.42. The lowest BCUT2D eigenvalue weighted by atomic mass is 9.85. The molecule has 1 aliphatic heterocycles. The maximum absolute atomic E-state index is 12.2. The zero-order valence-corrected chi connectivity index (χ0v) is 11.8. The molecular weight excluding hydrogens is 250 g/mol. The van der Waals surface area contributed by atoms with Gasteiger partial charge in [-0.15, -0.1) is 0 Å². The number of rotatable bonds is 4. The average Bonchev–Trinajstić information content (AvgIpc) is 2.92. The fourth-order valence-corrected chi connectivity index (χ4v) is 3.52. The van der Waals surface area contributed by atoms with Gasteiger partial charge in [0.15, 0.2) is 0 Å². The summed E-state index contributed by atoms with van der Waals surface area (Å²) in [6.45, 7) is 0.705. The van der Waals surface area contributed by atoms with Crippen LogP contribution in [0.2, 0.25) is 0 Å². The van der Waals surface area contributed by atoms with Crippen molar-refractivity contribution in [1.29, 1.82) is 0 Å². The quantitative estimate of drug-likeness (QED) is 0.877. The van der Waals surface area contributed by atoms with Crippen molar-refractivity contribution in [2.75, 3.05) is 6.54 Å². The molecule has 2 N–H and O–H groups in total. The fourth-order valence-electron chi connectivity index (χ4n) is 3.52. The average molecular weight is 273 g/mol. The van der Waals surface area contributed by atoms with E-state index in [0.717, 1.165) is 18.8 Å². The molecule has 1 saturated heterocycles. The van der Waals surface area contributed by atoms with Crippen molar-refractivity contribution in [3.05, 3.63) is 30.1 Å². The van der Waals surface area contributed by atoms with Crippen LogP contribution in [0.4, 0.5) is 0 Å². The second kappa shape index (κ2) is 6.35. The van der Waals surface area contributed by atoms with Gasteiger partial charge in [-0.2, -0.15) is 0 Å². The number of nitrogens with zero attached hydrogens (tertiary/aromatic N) is 1. The van der Waals surface area contributed by atoms with Gasteiger partial charge in [0.25, 0.3) is 0 Å². The Balaban J connectivity index is 1.43. The summed E-state index contributed by atoms with van der Waals surface area (Å²) in [5, 5.41) is 6.58. The molecule has 1 amide bonds. The second-order valence-electron chi connectivity index (χ2n) is 6.00. The number of hydrogen-bond donors (Lipinski definition) is 2. The minimum atomic E-state index is 0.0283. The van der Waals surface area contributed by atoms with Gasteiger partial charge in [-0.3, -0.25) is 9.78 Å². The van der Waals surface area contributed by atoms with E-state index < -0.39 is 0 Å². The third kappa shape index (κ3) is 3.18. The first kappa shape index (κ1) is 13.6. The van der Waals surface area contributed by atoms with Crippen LogP contribution in [0.3, 0.4) is 0 Å². The number of hydrogen-bond acceptors (Lipinski definition) is 3. The van der Waals surface area contributed by atoms with E-state index >= 15 is 0 Å². The van der Waals surface area contributed by atoms with Crippen LogP contribution >= 0.6 is 0 Å². The lowest BCUT2D eigenvalue weighted by molar-refractivity contribution is -0.122. The summed E-state index contributed by atoms with van der Waals surface area (Å²) in [7, 11) is 0. The minimum Gasteiger partial charge on any atom is -0.354 e. The van der Waals surface area contributed by atoms with E-state index in [9.17, 15) is 4.79 Å². The lowest BCUT2D eigenvalue weighted by Crippen LogP contribution is -2.43. The Morgan fingerprint density at radius 2 is 2.10 bits per heavy atom. The normalized spacial score (nSPS) is 28.9. The van der Waals surface area contributed by atoms with E-state index in [1.165, 1.54) is 31.2 Å². The van der Waals surface area contributed by atoms with Gasteiger partial charge in [0.05, 0.1) is 6.04 Å². The number of nitrogens with one attached hydrogen (secondary N) is 2. The molecule has 108 valence electrons. The van der Waals surface area contributed by atoms with E-state index in [-0.39, 0.29) is 11.9 Å². The van der Waals surface area contributed by atoms with Crippen molar-refractivity contribution in [3.8, 4) is 0 Å². The van der Waals surface area contributed by atoms with Crippen LogP contribution in [0.1, 0.15) is 37.7 Å². The summed E-state index contributed by atoms with van der Waals surface area (Å²) in [6.07, 6.45) is 10.6. The van der Waals surface area contributed by atoms with Gasteiger partial charge in [0.1, 0.15) is 0 Å². The highest BCUT2D eigenvalue weighted by molar-refractivity contribution is 5.82. The minimum absolute atomic E-state index is 0.0283. The zero-order chi connectivity index (χ0) is 13.8. The van der Waals surface area contributed by atoms with Crippen LogP contribution in [0.15, 0.2) is 24.5 Å². The number of pyridine rings is 1. The van der Waals surface area contributed by atoms with Gasteiger partial charge >= 0.3 is 0 Å². The smallest absolute Gasteiger partial charge is 0.237 e. The van der Waals surface area contributed by atoms with Crippen LogP contribution in [0.5, 0.6) is 0 Å². The summed E-state index contributed by atoms with van der Waals surface area (Å²) in [5.74, 6) is 0.896. The van der Waals surface area contributed by atoms with E-state index in [4.69, 9.17) is 0 Å². The third-order valence-electron chi connectivity index (χ3n) is 4.64. The van der Waals surface area contributed by atoms with Gasteiger partial charge in [-0.05, 0) is 49.3 Å². The molecule has 3 atom stereocenters. The van der Waals surface area contributed by atoms with Crippen LogP contribution in [-0.2, 0) is 11.2 Å². The van der Waals surface area contributed by atoms with Crippen molar-refractivity contribution in [2.45, 2.75) is 50.6 Å². The van der Waals surface area contributed by atoms with Crippen molar-refractivity contribution in [1.82, 2.24) is 15.6 Å². The van der Waals surface area contributed by atoms with E-state index in [2.05, 4.69) is 15.6 Å². The van der Waals surface area contributed by atoms with E-state index in [0.29, 0.717) is 12.6 Å². The van der Waals surface area contributed by atoms with Crippen molar-refractivity contribution in [3.63, 3.8) is 0 Å². The molecule has 0 aromatic carbocycles. The third-order valence-corrected chi connectivity index (χ3v) is 4.64. The standard InChI is InChI=1S/C16H23N3O/c20-16(18-10-7-12-5-8-17-9-6-12)15-11-13-3-1-2-4-14(13)19-15/h5-6,8-9,13-15,19H,1-4,7,10-11H2,(H,18,20). The molecule has 0 radical (unpaired) electrons. The predicted molar refractivity (Wildman–Crippen MR) is 78.2 cm³/mol. The molecule has 2 aliphatic rings. The van der Waals surface area contributed by atoms with Gasteiger partial charge in [-0.25, -0.2) is 0 Å². The number of amides is 1. The lowest BCUT2D eigenvalue weighted by Gasteiger charge is -2.24. The highest BCUT2D eigenvalue weighted by Gasteiger charge is 2.37. The Morgan fingerprint density at radius 1 is 1.30 bits per heavy atom. The highest BCUT2D eigenvalue weighted by atomic mass is 16.2. The Bertz CT molecular complexity index is 434. The van der Waals surface area contributed by atoms with Crippen molar-refractivity contribution < 1.29 is 4.79 Å². The molecule has 3 rings (SSSR count). The number of carbonyl (C=O) groups is 1. The summed E-state index contributed by atoms with van der Waals surface area (Å²) in [5.41, 5.74) is 1.22. The summed E-state index contributed by atoms with van der Waals surface area (Å²) >= 11 is 0. The predicted octanol–water partition coefficient (Wildman–Crippen LogP) is 1.66. The topological polar surface area (TPSA) is 54.0 Å². The highest BCUT2D eigenvalue weighted by Crippen LogP contribution is 2.33. The number of fused-ring (bicyclic) bond motifs is 1. The molecule has 3 unspecified atom stereocenters. The molecule has 0 bridgehead atoms. The molecule has 1 aromatic rings. The van der Waals surface area contributed by atoms with Gasteiger partial charge < -0.3 is 10.6 Å². The summed E-state index contributed by atoms with van der Waals surface area (Å²) in [4.78, 5) is 16.2. The monoisotopic (exact) mass is 273 g/mol. The van der Waals surface area contributed by atoms with E-state index in [1.807, 2.05) is 12.1 Å². The molecule has 0 spiro atoms. The van der Waals surface area contributed by atoms with Gasteiger partial charge in [-0.1, -0.05) is 12.8 Å². The van der Waals surface area contributed by atoms with Crippen LogP contribution in [0, 0.1) is 5.92 Å². The molecule has 20 heavy (non-hydrogen) atoms. The first-order valence-corrected chi connectivity index (χ1v) is 7.75. The molecule has 1 saturated carbocycles. The molecular formula is C16H23N3O. The molecule has 2 heterocycles. The zero-order valence-electron chi connectivity index (χ0n) is 11.8. The second-order valence-corrected chi connectivity index (χ2v) is 6.00. The Morgan fingerprint density at radius 3 is 2.90 bits per heavy atom. The van der Waals surface area contributed by atoms with Crippen LogP contribution < -0.4 is 10.6 Å². The van der Waals surface area contributed by atoms with E-state index in [1.54, 1.807) is 12.4 Å². The Kier molecular flexibility index (Phi) is 4.31. The number of aromatic nitrogens is 1. The molecule has 4 heteroatoms. The first-order chi connectivity index (χ1) is 9.83. The molecule has 2 fully saturated rings. The summed E-state index contributed by atoms with van der Waals surface area (Å²) in [6, 6.07) is 4.60. The van der Waals surface area contributed by atoms with Crippen LogP contribution in [-0.4, -0.2) is 29.5 Å². The molecule has 1 aromatic heterocycles. The summed E-state index contributed by atoms with van der Waals surface area (Å²) < 4.78 is 0. The van der Waals surface area contributed by atoms with Crippen molar-refractivity contribution >= 4 is 5.91 Å². The molecule has 1 aliphatic carbocycles.